The molecule has 0 heterocycles. The standard InChI is InChI=1S/C22H21Cl2NO/c1-15-3-7-19(11-16(15)2)25-13-17-4-8-20(9-5-17)26-14-18-6-10-21(23)22(24)12-18/h3-12,25H,13-14H2,1-2H3. The Kier molecular flexibility index (Phi) is 6.08. The summed E-state index contributed by atoms with van der Waals surface area (Å²) >= 11 is 12.0. The van der Waals surface area contributed by atoms with Crippen molar-refractivity contribution in [2.75, 3.05) is 5.32 Å². The van der Waals surface area contributed by atoms with Gasteiger partial charge in [-0.15, -0.1) is 0 Å². The number of anilines is 1. The molecule has 134 valence electrons. The van der Waals surface area contributed by atoms with E-state index < -0.39 is 0 Å². The molecular weight excluding hydrogens is 365 g/mol. The Hall–Kier alpha value is -2.16. The van der Waals surface area contributed by atoms with Gasteiger partial charge in [0.15, 0.2) is 0 Å². The Morgan fingerprint density at radius 3 is 2.19 bits per heavy atom. The third kappa shape index (κ3) is 4.94. The smallest absolute Gasteiger partial charge is 0.119 e. The van der Waals surface area contributed by atoms with E-state index >= 15 is 0 Å². The zero-order valence-electron chi connectivity index (χ0n) is 14.9. The molecule has 4 heteroatoms. The average molecular weight is 386 g/mol. The van der Waals surface area contributed by atoms with E-state index in [0.29, 0.717) is 16.7 Å². The fraction of sp³-hybridized carbons (Fsp3) is 0.182. The van der Waals surface area contributed by atoms with Gasteiger partial charge in [-0.25, -0.2) is 0 Å². The fourth-order valence-electron chi connectivity index (χ4n) is 2.56. The summed E-state index contributed by atoms with van der Waals surface area (Å²) in [6, 6.07) is 20.0. The predicted octanol–water partition coefficient (Wildman–Crippen LogP) is 6.80. The SMILES string of the molecule is Cc1ccc(NCc2ccc(OCc3ccc(Cl)c(Cl)c3)cc2)cc1C. The number of rotatable bonds is 6. The van der Waals surface area contributed by atoms with Crippen LogP contribution in [0.15, 0.2) is 60.7 Å². The molecule has 0 unspecified atom stereocenters. The summed E-state index contributed by atoms with van der Waals surface area (Å²) < 4.78 is 5.81. The predicted molar refractivity (Wildman–Crippen MR) is 110 cm³/mol. The summed E-state index contributed by atoms with van der Waals surface area (Å²) in [5.41, 5.74) is 5.91. The Bertz CT molecular complexity index is 817. The first kappa shape index (κ1) is 18.6. The van der Waals surface area contributed by atoms with Crippen molar-refractivity contribution in [2.45, 2.75) is 27.0 Å². The van der Waals surface area contributed by atoms with Crippen LogP contribution >= 0.6 is 23.2 Å². The summed E-state index contributed by atoms with van der Waals surface area (Å²) in [5, 5.41) is 4.54. The number of hydrogen-bond acceptors (Lipinski definition) is 2. The molecule has 3 aromatic rings. The molecule has 1 N–H and O–H groups in total. The van der Waals surface area contributed by atoms with Crippen molar-refractivity contribution >= 4 is 28.9 Å². The minimum absolute atomic E-state index is 0.455. The molecule has 0 aliphatic rings. The zero-order chi connectivity index (χ0) is 18.5. The second-order valence-corrected chi connectivity index (χ2v) is 7.15. The molecule has 0 radical (unpaired) electrons. The lowest BCUT2D eigenvalue weighted by Crippen LogP contribution is -2.00. The van der Waals surface area contributed by atoms with Gasteiger partial charge >= 0.3 is 0 Å². The van der Waals surface area contributed by atoms with Crippen molar-refractivity contribution in [2.24, 2.45) is 0 Å². The average Bonchev–Trinajstić information content (AvgIpc) is 2.64. The minimum atomic E-state index is 0.455. The van der Waals surface area contributed by atoms with Crippen LogP contribution in [0, 0.1) is 13.8 Å². The lowest BCUT2D eigenvalue weighted by molar-refractivity contribution is 0.306. The number of hydrogen-bond donors (Lipinski definition) is 1. The van der Waals surface area contributed by atoms with Crippen molar-refractivity contribution in [1.82, 2.24) is 0 Å². The van der Waals surface area contributed by atoms with E-state index in [9.17, 15) is 0 Å². The van der Waals surface area contributed by atoms with Gasteiger partial charge in [0.1, 0.15) is 12.4 Å². The molecule has 0 fully saturated rings. The maximum absolute atomic E-state index is 6.03. The van der Waals surface area contributed by atoms with E-state index in [1.807, 2.05) is 24.3 Å². The maximum Gasteiger partial charge on any atom is 0.119 e. The van der Waals surface area contributed by atoms with Crippen LogP contribution in [0.1, 0.15) is 22.3 Å². The normalized spacial score (nSPS) is 10.6. The van der Waals surface area contributed by atoms with Crippen LogP contribution in [-0.4, -0.2) is 0 Å². The van der Waals surface area contributed by atoms with Gasteiger partial charge in [0.05, 0.1) is 10.0 Å². The van der Waals surface area contributed by atoms with Crippen LogP contribution in [-0.2, 0) is 13.2 Å². The summed E-state index contributed by atoms with van der Waals surface area (Å²) in [6.45, 7) is 5.48. The highest BCUT2D eigenvalue weighted by Crippen LogP contribution is 2.23. The molecule has 26 heavy (non-hydrogen) atoms. The van der Waals surface area contributed by atoms with E-state index in [1.54, 1.807) is 6.07 Å². The van der Waals surface area contributed by atoms with Crippen molar-refractivity contribution in [1.29, 1.82) is 0 Å². The van der Waals surface area contributed by atoms with Crippen molar-refractivity contribution in [3.05, 3.63) is 93.0 Å². The van der Waals surface area contributed by atoms with Crippen LogP contribution in [0.2, 0.25) is 10.0 Å². The zero-order valence-corrected chi connectivity index (χ0v) is 16.4. The summed E-state index contributed by atoms with van der Waals surface area (Å²) in [7, 11) is 0. The Morgan fingerprint density at radius 2 is 1.50 bits per heavy atom. The highest BCUT2D eigenvalue weighted by Gasteiger charge is 2.02. The summed E-state index contributed by atoms with van der Waals surface area (Å²) in [4.78, 5) is 0. The molecule has 0 aliphatic heterocycles. The van der Waals surface area contributed by atoms with Crippen molar-refractivity contribution in [3.63, 3.8) is 0 Å². The van der Waals surface area contributed by atoms with Gasteiger partial charge < -0.3 is 10.1 Å². The van der Waals surface area contributed by atoms with Crippen LogP contribution in [0.5, 0.6) is 5.75 Å². The number of aryl methyl sites for hydroxylation is 2. The van der Waals surface area contributed by atoms with Gasteiger partial charge in [-0.05, 0) is 72.5 Å². The molecule has 0 saturated carbocycles. The number of ether oxygens (including phenoxy) is 1. The van der Waals surface area contributed by atoms with E-state index in [2.05, 4.69) is 49.5 Å². The monoisotopic (exact) mass is 385 g/mol. The molecule has 0 aliphatic carbocycles. The first-order valence-electron chi connectivity index (χ1n) is 8.48. The highest BCUT2D eigenvalue weighted by atomic mass is 35.5. The van der Waals surface area contributed by atoms with Gasteiger partial charge in [0.2, 0.25) is 0 Å². The Morgan fingerprint density at radius 1 is 0.769 bits per heavy atom. The maximum atomic E-state index is 6.03. The Balaban J connectivity index is 1.54. The van der Waals surface area contributed by atoms with Gasteiger partial charge in [0, 0.05) is 12.2 Å². The lowest BCUT2D eigenvalue weighted by Gasteiger charge is -2.10. The van der Waals surface area contributed by atoms with Crippen LogP contribution in [0.25, 0.3) is 0 Å². The van der Waals surface area contributed by atoms with E-state index in [1.165, 1.54) is 16.7 Å². The molecule has 2 nitrogen and oxygen atoms in total. The first-order chi connectivity index (χ1) is 12.5. The molecule has 0 saturated heterocycles. The number of nitrogens with one attached hydrogen (secondary N) is 1. The second kappa shape index (κ2) is 8.48. The van der Waals surface area contributed by atoms with Crippen molar-refractivity contribution < 1.29 is 4.74 Å². The van der Waals surface area contributed by atoms with E-state index in [0.717, 1.165) is 23.5 Å². The number of benzene rings is 3. The second-order valence-electron chi connectivity index (χ2n) is 6.33. The van der Waals surface area contributed by atoms with E-state index in [-0.39, 0.29) is 0 Å². The molecule has 0 bridgehead atoms. The fourth-order valence-corrected chi connectivity index (χ4v) is 2.88. The summed E-state index contributed by atoms with van der Waals surface area (Å²) in [5.74, 6) is 0.825. The van der Waals surface area contributed by atoms with Gasteiger partial charge in [0.25, 0.3) is 0 Å². The van der Waals surface area contributed by atoms with Crippen molar-refractivity contribution in [3.8, 4) is 5.75 Å². The molecule has 0 atom stereocenters. The molecule has 0 aromatic heterocycles. The highest BCUT2D eigenvalue weighted by molar-refractivity contribution is 6.42. The Labute approximate surface area is 164 Å². The quantitative estimate of drug-likeness (QED) is 0.503. The van der Waals surface area contributed by atoms with Gasteiger partial charge in [-0.2, -0.15) is 0 Å². The largest absolute Gasteiger partial charge is 0.489 e. The third-order valence-electron chi connectivity index (χ3n) is 4.32. The third-order valence-corrected chi connectivity index (χ3v) is 5.06. The lowest BCUT2D eigenvalue weighted by atomic mass is 10.1. The van der Waals surface area contributed by atoms with Crippen LogP contribution in [0.3, 0.4) is 0 Å². The van der Waals surface area contributed by atoms with Crippen LogP contribution in [0.4, 0.5) is 5.69 Å². The molecule has 3 rings (SSSR count). The number of halogens is 2. The summed E-state index contributed by atoms with van der Waals surface area (Å²) in [6.07, 6.45) is 0. The first-order valence-corrected chi connectivity index (χ1v) is 9.23. The van der Waals surface area contributed by atoms with Gasteiger partial charge in [-0.3, -0.25) is 0 Å². The molecular formula is C22H21Cl2NO. The van der Waals surface area contributed by atoms with Gasteiger partial charge in [-0.1, -0.05) is 47.5 Å². The molecule has 0 amide bonds. The minimum Gasteiger partial charge on any atom is -0.489 e. The van der Waals surface area contributed by atoms with Crippen LogP contribution < -0.4 is 10.1 Å². The van der Waals surface area contributed by atoms with E-state index in [4.69, 9.17) is 27.9 Å². The molecule has 0 spiro atoms. The topological polar surface area (TPSA) is 21.3 Å². The molecule has 3 aromatic carbocycles.